The molecule has 3 nitrogen and oxygen atoms in total. The standard InChI is InChI=1S/C22H27NO2/c24-22(21-9-5-2-6-10-21)25-18-17-23-15-13-20(14-16-23)12-11-19-7-3-1-4-8-19/h1-10,20H,11-18H2. The van der Waals surface area contributed by atoms with Crippen LogP contribution >= 0.6 is 0 Å². The number of esters is 1. The number of nitrogens with zero attached hydrogens (tertiary/aromatic N) is 1. The first-order valence-electron chi connectivity index (χ1n) is 9.30. The van der Waals surface area contributed by atoms with Crippen LogP contribution in [-0.2, 0) is 11.2 Å². The smallest absolute Gasteiger partial charge is 0.338 e. The van der Waals surface area contributed by atoms with Gasteiger partial charge in [0.2, 0.25) is 0 Å². The molecule has 0 amide bonds. The van der Waals surface area contributed by atoms with Crippen molar-refractivity contribution in [3.63, 3.8) is 0 Å². The largest absolute Gasteiger partial charge is 0.461 e. The Labute approximate surface area is 150 Å². The zero-order chi connectivity index (χ0) is 17.3. The molecule has 3 heteroatoms. The maximum atomic E-state index is 11.9. The van der Waals surface area contributed by atoms with Gasteiger partial charge in [0.1, 0.15) is 6.61 Å². The predicted molar refractivity (Wildman–Crippen MR) is 101 cm³/mol. The van der Waals surface area contributed by atoms with Crippen LogP contribution in [0.25, 0.3) is 0 Å². The molecular weight excluding hydrogens is 310 g/mol. The molecule has 0 unspecified atom stereocenters. The van der Waals surface area contributed by atoms with Crippen molar-refractivity contribution < 1.29 is 9.53 Å². The normalized spacial score (nSPS) is 15.8. The van der Waals surface area contributed by atoms with Crippen molar-refractivity contribution in [1.82, 2.24) is 4.90 Å². The zero-order valence-corrected chi connectivity index (χ0v) is 14.8. The highest BCUT2D eigenvalue weighted by atomic mass is 16.5. The van der Waals surface area contributed by atoms with Crippen LogP contribution < -0.4 is 0 Å². The first-order valence-corrected chi connectivity index (χ1v) is 9.30. The Balaban J connectivity index is 1.31. The SMILES string of the molecule is O=C(OCCN1CCC(CCc2ccccc2)CC1)c1ccccc1. The van der Waals surface area contributed by atoms with Gasteiger partial charge in [-0.2, -0.15) is 0 Å². The monoisotopic (exact) mass is 337 g/mol. The Morgan fingerprint density at radius 2 is 1.60 bits per heavy atom. The van der Waals surface area contributed by atoms with E-state index in [-0.39, 0.29) is 5.97 Å². The van der Waals surface area contributed by atoms with E-state index in [2.05, 4.69) is 35.2 Å². The molecular formula is C22H27NO2. The first-order chi connectivity index (χ1) is 12.3. The Bertz CT molecular complexity index is 634. The Hall–Kier alpha value is -2.13. The third kappa shape index (κ3) is 5.71. The summed E-state index contributed by atoms with van der Waals surface area (Å²) < 4.78 is 5.38. The number of benzene rings is 2. The van der Waals surface area contributed by atoms with Crippen LogP contribution in [0, 0.1) is 5.92 Å². The van der Waals surface area contributed by atoms with Crippen LogP contribution in [0.1, 0.15) is 35.2 Å². The van der Waals surface area contributed by atoms with Gasteiger partial charge in [-0.25, -0.2) is 4.79 Å². The molecule has 1 fully saturated rings. The summed E-state index contributed by atoms with van der Waals surface area (Å²) in [6.07, 6.45) is 4.96. The lowest BCUT2D eigenvalue weighted by Crippen LogP contribution is -2.36. The number of aryl methyl sites for hydroxylation is 1. The van der Waals surface area contributed by atoms with Gasteiger partial charge in [-0.1, -0.05) is 48.5 Å². The molecule has 1 aliphatic rings. The van der Waals surface area contributed by atoms with Gasteiger partial charge in [-0.15, -0.1) is 0 Å². The summed E-state index contributed by atoms with van der Waals surface area (Å²) in [5, 5.41) is 0. The number of ether oxygens (including phenoxy) is 1. The second kappa shape index (κ2) is 9.38. The fraction of sp³-hybridized carbons (Fsp3) is 0.409. The van der Waals surface area contributed by atoms with E-state index in [0.717, 1.165) is 25.6 Å². The highest BCUT2D eigenvalue weighted by Gasteiger charge is 2.19. The minimum atomic E-state index is -0.224. The predicted octanol–water partition coefficient (Wildman–Crippen LogP) is 4.19. The van der Waals surface area contributed by atoms with Crippen molar-refractivity contribution in [3.05, 3.63) is 71.8 Å². The van der Waals surface area contributed by atoms with Gasteiger partial charge in [0.15, 0.2) is 0 Å². The summed E-state index contributed by atoms with van der Waals surface area (Å²) in [5.74, 6) is 0.599. The zero-order valence-electron chi connectivity index (χ0n) is 14.8. The Kier molecular flexibility index (Phi) is 6.63. The van der Waals surface area contributed by atoms with Crippen molar-refractivity contribution in [2.75, 3.05) is 26.2 Å². The van der Waals surface area contributed by atoms with Gasteiger partial charge in [-0.3, -0.25) is 4.90 Å². The molecule has 0 saturated carbocycles. The fourth-order valence-corrected chi connectivity index (χ4v) is 3.44. The fourth-order valence-electron chi connectivity index (χ4n) is 3.44. The van der Waals surface area contributed by atoms with Crippen LogP contribution in [0.4, 0.5) is 0 Å². The van der Waals surface area contributed by atoms with E-state index in [4.69, 9.17) is 4.74 Å². The van der Waals surface area contributed by atoms with E-state index in [9.17, 15) is 4.79 Å². The number of hydrogen-bond donors (Lipinski definition) is 0. The molecule has 2 aromatic carbocycles. The first kappa shape index (κ1) is 17.7. The van der Waals surface area contributed by atoms with E-state index in [1.54, 1.807) is 12.1 Å². The molecule has 0 spiro atoms. The highest BCUT2D eigenvalue weighted by molar-refractivity contribution is 5.89. The number of carbonyl (C=O) groups is 1. The maximum Gasteiger partial charge on any atom is 0.338 e. The second-order valence-electron chi connectivity index (χ2n) is 6.81. The number of rotatable bonds is 7. The molecule has 0 aromatic heterocycles. The summed E-state index contributed by atoms with van der Waals surface area (Å²) in [5.41, 5.74) is 2.07. The third-order valence-corrected chi connectivity index (χ3v) is 5.04. The van der Waals surface area contributed by atoms with Gasteiger partial charge in [0.25, 0.3) is 0 Å². The third-order valence-electron chi connectivity index (χ3n) is 5.04. The van der Waals surface area contributed by atoms with Crippen LogP contribution in [0.2, 0.25) is 0 Å². The average Bonchev–Trinajstić information content (AvgIpc) is 2.69. The number of carbonyl (C=O) groups excluding carboxylic acids is 1. The molecule has 0 bridgehead atoms. The summed E-state index contributed by atoms with van der Waals surface area (Å²) in [7, 11) is 0. The molecule has 1 aliphatic heterocycles. The summed E-state index contributed by atoms with van der Waals surface area (Å²) in [6, 6.07) is 20.0. The molecule has 3 rings (SSSR count). The summed E-state index contributed by atoms with van der Waals surface area (Å²) in [6.45, 7) is 3.54. The van der Waals surface area contributed by atoms with Gasteiger partial charge >= 0.3 is 5.97 Å². The molecule has 25 heavy (non-hydrogen) atoms. The lowest BCUT2D eigenvalue weighted by atomic mass is 9.90. The van der Waals surface area contributed by atoms with Crippen molar-refractivity contribution in [1.29, 1.82) is 0 Å². The van der Waals surface area contributed by atoms with E-state index in [1.807, 2.05) is 18.2 Å². The molecule has 1 heterocycles. The van der Waals surface area contributed by atoms with Gasteiger partial charge in [0, 0.05) is 6.54 Å². The molecule has 2 aromatic rings. The van der Waals surface area contributed by atoms with Gasteiger partial charge in [-0.05, 0) is 62.4 Å². The Morgan fingerprint density at radius 3 is 2.28 bits per heavy atom. The van der Waals surface area contributed by atoms with Crippen molar-refractivity contribution >= 4 is 5.97 Å². The lowest BCUT2D eigenvalue weighted by molar-refractivity contribution is 0.0439. The molecule has 0 atom stereocenters. The number of hydrogen-bond acceptors (Lipinski definition) is 3. The average molecular weight is 337 g/mol. The topological polar surface area (TPSA) is 29.5 Å². The van der Waals surface area contributed by atoms with Gasteiger partial charge in [0.05, 0.1) is 5.56 Å². The highest BCUT2D eigenvalue weighted by Crippen LogP contribution is 2.22. The second-order valence-corrected chi connectivity index (χ2v) is 6.81. The summed E-state index contributed by atoms with van der Waals surface area (Å²) >= 11 is 0. The quantitative estimate of drug-likeness (QED) is 0.710. The minimum Gasteiger partial charge on any atom is -0.461 e. The van der Waals surface area contributed by atoms with Crippen LogP contribution in [0.5, 0.6) is 0 Å². The summed E-state index contributed by atoms with van der Waals surface area (Å²) in [4.78, 5) is 14.3. The molecule has 0 N–H and O–H groups in total. The van der Waals surface area contributed by atoms with Crippen molar-refractivity contribution in [2.24, 2.45) is 5.92 Å². The van der Waals surface area contributed by atoms with Crippen LogP contribution in [0.15, 0.2) is 60.7 Å². The van der Waals surface area contributed by atoms with Crippen LogP contribution in [-0.4, -0.2) is 37.1 Å². The lowest BCUT2D eigenvalue weighted by Gasteiger charge is -2.31. The van der Waals surface area contributed by atoms with E-state index in [0.29, 0.717) is 12.2 Å². The van der Waals surface area contributed by atoms with Crippen molar-refractivity contribution in [2.45, 2.75) is 25.7 Å². The molecule has 1 saturated heterocycles. The number of likely N-dealkylation sites (tertiary alicyclic amines) is 1. The molecule has 132 valence electrons. The number of piperidine rings is 1. The molecule has 0 aliphatic carbocycles. The molecule has 0 radical (unpaired) electrons. The Morgan fingerprint density at radius 1 is 0.960 bits per heavy atom. The van der Waals surface area contributed by atoms with Crippen molar-refractivity contribution in [3.8, 4) is 0 Å². The van der Waals surface area contributed by atoms with E-state index >= 15 is 0 Å². The van der Waals surface area contributed by atoms with E-state index < -0.39 is 0 Å². The van der Waals surface area contributed by atoms with E-state index in [1.165, 1.54) is 31.2 Å². The van der Waals surface area contributed by atoms with Gasteiger partial charge < -0.3 is 4.74 Å². The maximum absolute atomic E-state index is 11.9. The van der Waals surface area contributed by atoms with Crippen LogP contribution in [0.3, 0.4) is 0 Å². The minimum absolute atomic E-state index is 0.224.